The molecule has 1 fully saturated rings. The van der Waals surface area contributed by atoms with E-state index < -0.39 is 9.84 Å². The minimum Gasteiger partial charge on any atom is -0.489 e. The van der Waals surface area contributed by atoms with Crippen molar-refractivity contribution in [1.82, 2.24) is 0 Å². The molecule has 16 heavy (non-hydrogen) atoms. The van der Waals surface area contributed by atoms with E-state index >= 15 is 0 Å². The van der Waals surface area contributed by atoms with Gasteiger partial charge >= 0.3 is 0 Å². The second kappa shape index (κ2) is 3.97. The first-order valence-electron chi connectivity index (χ1n) is 5.19. The van der Waals surface area contributed by atoms with Gasteiger partial charge in [-0.2, -0.15) is 0 Å². The minimum absolute atomic E-state index is 0.121. The molecule has 1 unspecified atom stereocenters. The topological polar surface area (TPSA) is 69.4 Å². The van der Waals surface area contributed by atoms with Crippen LogP contribution in [0.1, 0.15) is 12.0 Å². The third-order valence-corrected chi connectivity index (χ3v) is 4.47. The van der Waals surface area contributed by atoms with Crippen LogP contribution in [0.2, 0.25) is 0 Å². The summed E-state index contributed by atoms with van der Waals surface area (Å²) in [4.78, 5) is 0. The van der Waals surface area contributed by atoms with Gasteiger partial charge in [-0.3, -0.25) is 0 Å². The molecular formula is C11H15NO3S. The molecule has 1 aliphatic heterocycles. The van der Waals surface area contributed by atoms with Crippen LogP contribution in [-0.2, 0) is 9.84 Å². The summed E-state index contributed by atoms with van der Waals surface area (Å²) in [5, 5.41) is 0. The average Bonchev–Trinajstić information content (AvgIpc) is 2.52. The van der Waals surface area contributed by atoms with Crippen molar-refractivity contribution in [3.8, 4) is 5.75 Å². The number of anilines is 1. The number of hydrogen-bond donors (Lipinski definition) is 1. The van der Waals surface area contributed by atoms with Gasteiger partial charge in [-0.1, -0.05) is 0 Å². The number of aryl methyl sites for hydroxylation is 1. The van der Waals surface area contributed by atoms with E-state index in [0.717, 1.165) is 5.56 Å². The van der Waals surface area contributed by atoms with Crippen molar-refractivity contribution in [3.05, 3.63) is 23.8 Å². The van der Waals surface area contributed by atoms with E-state index in [1.54, 1.807) is 12.1 Å². The number of nitrogen functional groups attached to an aromatic ring is 1. The van der Waals surface area contributed by atoms with Crippen LogP contribution >= 0.6 is 0 Å². The first-order valence-corrected chi connectivity index (χ1v) is 7.02. The van der Waals surface area contributed by atoms with Crippen LogP contribution < -0.4 is 10.5 Å². The molecule has 0 radical (unpaired) electrons. The van der Waals surface area contributed by atoms with Gasteiger partial charge in [0.2, 0.25) is 0 Å². The zero-order valence-corrected chi connectivity index (χ0v) is 9.96. The van der Waals surface area contributed by atoms with Crippen molar-refractivity contribution in [2.24, 2.45) is 0 Å². The largest absolute Gasteiger partial charge is 0.489 e. The van der Waals surface area contributed by atoms with Crippen LogP contribution in [-0.4, -0.2) is 26.0 Å². The zero-order chi connectivity index (χ0) is 11.8. The van der Waals surface area contributed by atoms with Crippen LogP contribution in [0.3, 0.4) is 0 Å². The van der Waals surface area contributed by atoms with Crippen molar-refractivity contribution in [1.29, 1.82) is 0 Å². The van der Waals surface area contributed by atoms with Gasteiger partial charge in [0.05, 0.1) is 11.5 Å². The molecule has 0 saturated carbocycles. The molecule has 0 aromatic heterocycles. The summed E-state index contributed by atoms with van der Waals surface area (Å²) in [7, 11) is -2.88. The first kappa shape index (κ1) is 11.3. The Morgan fingerprint density at radius 2 is 2.19 bits per heavy atom. The summed E-state index contributed by atoms with van der Waals surface area (Å²) in [6.07, 6.45) is 0.360. The van der Waals surface area contributed by atoms with Crippen LogP contribution in [0.25, 0.3) is 0 Å². The highest BCUT2D eigenvalue weighted by Gasteiger charge is 2.29. The van der Waals surface area contributed by atoms with Crippen LogP contribution in [0.15, 0.2) is 18.2 Å². The predicted molar refractivity (Wildman–Crippen MR) is 63.3 cm³/mol. The number of sulfone groups is 1. The summed E-state index contributed by atoms with van der Waals surface area (Å²) >= 11 is 0. The van der Waals surface area contributed by atoms with Crippen molar-refractivity contribution in [2.75, 3.05) is 17.2 Å². The van der Waals surface area contributed by atoms with Crippen molar-refractivity contribution in [3.63, 3.8) is 0 Å². The van der Waals surface area contributed by atoms with Crippen molar-refractivity contribution in [2.45, 2.75) is 19.4 Å². The van der Waals surface area contributed by atoms with Crippen molar-refractivity contribution >= 4 is 15.5 Å². The Morgan fingerprint density at radius 3 is 2.75 bits per heavy atom. The quantitative estimate of drug-likeness (QED) is 0.788. The van der Waals surface area contributed by atoms with Crippen LogP contribution in [0.4, 0.5) is 5.69 Å². The molecule has 1 aromatic carbocycles. The van der Waals surface area contributed by atoms with Crippen LogP contribution in [0, 0.1) is 6.92 Å². The smallest absolute Gasteiger partial charge is 0.154 e. The molecule has 2 rings (SSSR count). The molecule has 4 nitrogen and oxygen atoms in total. The molecule has 0 bridgehead atoms. The Balaban J connectivity index is 2.08. The third-order valence-electron chi connectivity index (χ3n) is 2.73. The fourth-order valence-electron chi connectivity index (χ4n) is 1.77. The molecule has 1 aromatic rings. The number of ether oxygens (including phenoxy) is 1. The number of rotatable bonds is 2. The highest BCUT2D eigenvalue weighted by molar-refractivity contribution is 7.91. The van der Waals surface area contributed by atoms with Crippen LogP contribution in [0.5, 0.6) is 5.75 Å². The lowest BCUT2D eigenvalue weighted by Crippen LogP contribution is -2.17. The van der Waals surface area contributed by atoms with Gasteiger partial charge in [0.1, 0.15) is 11.9 Å². The lowest BCUT2D eigenvalue weighted by molar-refractivity contribution is 0.229. The van der Waals surface area contributed by atoms with Crippen molar-refractivity contribution < 1.29 is 13.2 Å². The fraction of sp³-hybridized carbons (Fsp3) is 0.455. The molecule has 0 spiro atoms. The van der Waals surface area contributed by atoms with E-state index in [0.29, 0.717) is 17.9 Å². The van der Waals surface area contributed by atoms with E-state index in [4.69, 9.17) is 10.5 Å². The molecule has 0 aliphatic carbocycles. The standard InChI is InChI=1S/C11H15NO3S/c1-8-6-9(2-3-11(8)12)15-10-4-5-16(13,14)7-10/h2-3,6,10H,4-5,7,12H2,1H3. The lowest BCUT2D eigenvalue weighted by atomic mass is 10.2. The van der Waals surface area contributed by atoms with E-state index in [9.17, 15) is 8.42 Å². The Morgan fingerprint density at radius 1 is 1.44 bits per heavy atom. The Bertz CT molecular complexity index is 496. The maximum Gasteiger partial charge on any atom is 0.154 e. The number of nitrogens with two attached hydrogens (primary N) is 1. The molecule has 1 atom stereocenters. The second-order valence-corrected chi connectivity index (χ2v) is 6.39. The molecular weight excluding hydrogens is 226 g/mol. The molecule has 88 valence electrons. The van der Waals surface area contributed by atoms with Gasteiger partial charge < -0.3 is 10.5 Å². The SMILES string of the molecule is Cc1cc(OC2CCS(=O)(=O)C2)ccc1N. The van der Waals surface area contributed by atoms with Gasteiger partial charge in [0.25, 0.3) is 0 Å². The van der Waals surface area contributed by atoms with Gasteiger partial charge in [-0.15, -0.1) is 0 Å². The van der Waals surface area contributed by atoms with Gasteiger partial charge in [-0.05, 0) is 37.1 Å². The molecule has 1 saturated heterocycles. The predicted octanol–water partition coefficient (Wildman–Crippen LogP) is 1.14. The maximum absolute atomic E-state index is 11.3. The first-order chi connectivity index (χ1) is 7.46. The molecule has 1 aliphatic rings. The summed E-state index contributed by atoms with van der Waals surface area (Å²) in [5.74, 6) is 1.04. The number of benzene rings is 1. The lowest BCUT2D eigenvalue weighted by Gasteiger charge is -2.12. The monoisotopic (exact) mass is 241 g/mol. The van der Waals surface area contributed by atoms with E-state index in [1.165, 1.54) is 0 Å². The highest BCUT2D eigenvalue weighted by atomic mass is 32.2. The van der Waals surface area contributed by atoms with E-state index in [-0.39, 0.29) is 17.6 Å². The molecule has 2 N–H and O–H groups in total. The Labute approximate surface area is 95.3 Å². The summed E-state index contributed by atoms with van der Waals surface area (Å²) in [5.41, 5.74) is 7.35. The average molecular weight is 241 g/mol. The fourth-order valence-corrected chi connectivity index (χ4v) is 3.36. The van der Waals surface area contributed by atoms with Gasteiger partial charge in [-0.25, -0.2) is 8.42 Å². The highest BCUT2D eigenvalue weighted by Crippen LogP contribution is 2.23. The van der Waals surface area contributed by atoms with Gasteiger partial charge in [0, 0.05) is 5.69 Å². The third kappa shape index (κ3) is 2.47. The Hall–Kier alpha value is -1.23. The summed E-state index contributed by atoms with van der Waals surface area (Å²) in [6.45, 7) is 1.90. The summed E-state index contributed by atoms with van der Waals surface area (Å²) in [6, 6.07) is 5.38. The molecule has 5 heteroatoms. The maximum atomic E-state index is 11.3. The minimum atomic E-state index is -2.88. The Kier molecular flexibility index (Phi) is 2.80. The van der Waals surface area contributed by atoms with E-state index in [1.807, 2.05) is 13.0 Å². The van der Waals surface area contributed by atoms with Gasteiger partial charge in [0.15, 0.2) is 9.84 Å². The zero-order valence-electron chi connectivity index (χ0n) is 9.14. The number of hydrogen-bond acceptors (Lipinski definition) is 4. The molecule has 1 heterocycles. The normalized spacial score (nSPS) is 23.2. The summed E-state index contributed by atoms with van der Waals surface area (Å²) < 4.78 is 28.1. The molecule has 0 amide bonds. The second-order valence-electron chi connectivity index (χ2n) is 4.16. The van der Waals surface area contributed by atoms with E-state index in [2.05, 4.69) is 0 Å².